The Labute approximate surface area is 97.3 Å². The monoisotopic (exact) mass is 220 g/mol. The van der Waals surface area contributed by atoms with Crippen molar-refractivity contribution in [3.05, 3.63) is 29.6 Å². The van der Waals surface area contributed by atoms with Crippen LogP contribution in [0, 0.1) is 0 Å². The van der Waals surface area contributed by atoms with Gasteiger partial charge in [0.2, 0.25) is 5.91 Å². The van der Waals surface area contributed by atoms with Crippen molar-refractivity contribution < 1.29 is 4.79 Å². The lowest BCUT2D eigenvalue weighted by Crippen LogP contribution is -2.28. The molecule has 0 aliphatic carbocycles. The summed E-state index contributed by atoms with van der Waals surface area (Å²) in [6.07, 6.45) is 1.86. The fourth-order valence-corrected chi connectivity index (χ4v) is 1.48. The molecule has 88 valence electrons. The second-order valence-corrected chi connectivity index (χ2v) is 4.29. The first-order chi connectivity index (χ1) is 7.56. The molecule has 0 saturated heterocycles. The lowest BCUT2D eigenvalue weighted by Gasteiger charge is -2.12. The number of carbonyl (C=O) groups is 1. The summed E-state index contributed by atoms with van der Waals surface area (Å²) in [5, 5.41) is 2.80. The molecule has 3 heteroatoms. The van der Waals surface area contributed by atoms with E-state index in [0.717, 1.165) is 5.69 Å². The number of pyridine rings is 1. The van der Waals surface area contributed by atoms with Crippen LogP contribution in [0.25, 0.3) is 0 Å². The molecule has 1 atom stereocenters. The quantitative estimate of drug-likeness (QED) is 0.846. The van der Waals surface area contributed by atoms with Gasteiger partial charge in [0, 0.05) is 12.7 Å². The molecule has 0 spiro atoms. The van der Waals surface area contributed by atoms with Crippen LogP contribution in [-0.2, 0) is 4.79 Å². The predicted octanol–water partition coefficient (Wildman–Crippen LogP) is 2.44. The van der Waals surface area contributed by atoms with E-state index in [1.807, 2.05) is 32.2 Å². The molecule has 0 bridgehead atoms. The van der Waals surface area contributed by atoms with E-state index in [4.69, 9.17) is 0 Å². The van der Waals surface area contributed by atoms with Gasteiger partial charge in [0.1, 0.15) is 0 Å². The summed E-state index contributed by atoms with van der Waals surface area (Å²) in [5.74, 6) is 0.329. The van der Waals surface area contributed by atoms with Crippen LogP contribution in [0.1, 0.15) is 50.8 Å². The lowest BCUT2D eigenvalue weighted by atomic mass is 10.0. The van der Waals surface area contributed by atoms with Gasteiger partial charge in [-0.25, -0.2) is 0 Å². The van der Waals surface area contributed by atoms with E-state index in [0.29, 0.717) is 12.5 Å². The average molecular weight is 220 g/mol. The highest BCUT2D eigenvalue weighted by atomic mass is 16.1. The van der Waals surface area contributed by atoms with Crippen molar-refractivity contribution >= 4 is 5.91 Å². The van der Waals surface area contributed by atoms with Gasteiger partial charge < -0.3 is 5.32 Å². The Kier molecular flexibility index (Phi) is 4.47. The molecule has 0 aliphatic heterocycles. The Morgan fingerprint density at radius 2 is 2.06 bits per heavy atom. The largest absolute Gasteiger partial charge is 0.356 e. The van der Waals surface area contributed by atoms with Crippen LogP contribution in [0.2, 0.25) is 0 Å². The Morgan fingerprint density at radius 3 is 2.50 bits per heavy atom. The molecule has 1 amide bonds. The van der Waals surface area contributed by atoms with Gasteiger partial charge in [-0.2, -0.15) is 0 Å². The maximum Gasteiger partial charge on any atom is 0.228 e. The molecule has 0 fully saturated rings. The van der Waals surface area contributed by atoms with Crippen molar-refractivity contribution in [1.82, 2.24) is 10.3 Å². The van der Waals surface area contributed by atoms with E-state index in [1.165, 1.54) is 5.56 Å². The molecule has 0 unspecified atom stereocenters. The van der Waals surface area contributed by atoms with Crippen LogP contribution in [0.15, 0.2) is 18.3 Å². The molecular formula is C13H20N2O. The minimum atomic E-state index is -0.179. The zero-order valence-corrected chi connectivity index (χ0v) is 10.4. The molecule has 1 rings (SSSR count). The van der Waals surface area contributed by atoms with Gasteiger partial charge in [-0.3, -0.25) is 9.78 Å². The second kappa shape index (κ2) is 5.64. The zero-order chi connectivity index (χ0) is 12.1. The van der Waals surface area contributed by atoms with Crippen molar-refractivity contribution in [3.8, 4) is 0 Å². The van der Waals surface area contributed by atoms with E-state index < -0.39 is 0 Å². The Balaban J connectivity index is 2.77. The number of nitrogens with zero attached hydrogens (tertiary/aromatic N) is 1. The van der Waals surface area contributed by atoms with Crippen LogP contribution in [0.5, 0.6) is 0 Å². The molecule has 1 N–H and O–H groups in total. The molecule has 0 saturated carbocycles. The van der Waals surface area contributed by atoms with E-state index in [2.05, 4.69) is 24.1 Å². The fraction of sp³-hybridized carbons (Fsp3) is 0.538. The summed E-state index contributed by atoms with van der Waals surface area (Å²) >= 11 is 0. The van der Waals surface area contributed by atoms with Crippen LogP contribution in [0.4, 0.5) is 0 Å². The highest BCUT2D eigenvalue weighted by Crippen LogP contribution is 2.17. The molecule has 1 aromatic heterocycles. The summed E-state index contributed by atoms with van der Waals surface area (Å²) in [6.45, 7) is 8.71. The zero-order valence-electron chi connectivity index (χ0n) is 10.4. The van der Waals surface area contributed by atoms with Crippen LogP contribution in [0.3, 0.4) is 0 Å². The minimum absolute atomic E-state index is 0.0345. The van der Waals surface area contributed by atoms with Gasteiger partial charge in [0.15, 0.2) is 0 Å². The van der Waals surface area contributed by atoms with Crippen molar-refractivity contribution in [2.45, 2.75) is 39.5 Å². The van der Waals surface area contributed by atoms with E-state index in [9.17, 15) is 4.79 Å². The SMILES string of the molecule is CCNC(=O)[C@H](C)c1ccc(C(C)C)cn1. The highest BCUT2D eigenvalue weighted by Gasteiger charge is 2.15. The van der Waals surface area contributed by atoms with Crippen LogP contribution >= 0.6 is 0 Å². The normalized spacial score (nSPS) is 12.6. The number of aromatic nitrogens is 1. The average Bonchev–Trinajstić information content (AvgIpc) is 2.28. The van der Waals surface area contributed by atoms with Crippen molar-refractivity contribution in [3.63, 3.8) is 0 Å². The Bertz CT molecular complexity index is 343. The third-order valence-corrected chi connectivity index (χ3v) is 2.66. The number of amides is 1. The van der Waals surface area contributed by atoms with Crippen LogP contribution in [-0.4, -0.2) is 17.4 Å². The molecule has 0 aromatic carbocycles. The van der Waals surface area contributed by atoms with Gasteiger partial charge in [-0.15, -0.1) is 0 Å². The Morgan fingerprint density at radius 1 is 1.38 bits per heavy atom. The van der Waals surface area contributed by atoms with E-state index in [1.54, 1.807) is 0 Å². The first-order valence-electron chi connectivity index (χ1n) is 5.79. The van der Waals surface area contributed by atoms with Crippen molar-refractivity contribution in [1.29, 1.82) is 0 Å². The summed E-state index contributed by atoms with van der Waals surface area (Å²) in [4.78, 5) is 16.0. The van der Waals surface area contributed by atoms with Gasteiger partial charge in [-0.1, -0.05) is 19.9 Å². The third kappa shape index (κ3) is 3.05. The molecule has 3 nitrogen and oxygen atoms in total. The molecule has 16 heavy (non-hydrogen) atoms. The van der Waals surface area contributed by atoms with Gasteiger partial charge in [0.05, 0.1) is 11.6 Å². The number of hydrogen-bond donors (Lipinski definition) is 1. The first kappa shape index (κ1) is 12.7. The van der Waals surface area contributed by atoms with Crippen LogP contribution < -0.4 is 5.32 Å². The summed E-state index contributed by atoms with van der Waals surface area (Å²) in [7, 11) is 0. The molecule has 1 aromatic rings. The van der Waals surface area contributed by atoms with Gasteiger partial charge >= 0.3 is 0 Å². The summed E-state index contributed by atoms with van der Waals surface area (Å²) < 4.78 is 0. The number of carbonyl (C=O) groups excluding carboxylic acids is 1. The molecule has 0 radical (unpaired) electrons. The number of likely N-dealkylation sites (N-methyl/N-ethyl adjacent to an activating group) is 1. The maximum absolute atomic E-state index is 11.6. The number of nitrogens with one attached hydrogen (secondary N) is 1. The molecule has 0 aliphatic rings. The van der Waals surface area contributed by atoms with Gasteiger partial charge in [0.25, 0.3) is 0 Å². The van der Waals surface area contributed by atoms with E-state index >= 15 is 0 Å². The smallest absolute Gasteiger partial charge is 0.228 e. The maximum atomic E-state index is 11.6. The summed E-state index contributed by atoms with van der Waals surface area (Å²) in [6, 6.07) is 3.98. The lowest BCUT2D eigenvalue weighted by molar-refractivity contribution is -0.122. The minimum Gasteiger partial charge on any atom is -0.356 e. The fourth-order valence-electron chi connectivity index (χ4n) is 1.48. The number of hydrogen-bond acceptors (Lipinski definition) is 2. The number of rotatable bonds is 4. The van der Waals surface area contributed by atoms with Crippen molar-refractivity contribution in [2.24, 2.45) is 0 Å². The van der Waals surface area contributed by atoms with Crippen molar-refractivity contribution in [2.75, 3.05) is 6.54 Å². The second-order valence-electron chi connectivity index (χ2n) is 4.29. The topological polar surface area (TPSA) is 42.0 Å². The summed E-state index contributed by atoms with van der Waals surface area (Å²) in [5.41, 5.74) is 2.03. The third-order valence-electron chi connectivity index (χ3n) is 2.66. The Hall–Kier alpha value is -1.38. The predicted molar refractivity (Wildman–Crippen MR) is 65.4 cm³/mol. The standard InChI is InChI=1S/C13H20N2O/c1-5-14-13(16)10(4)12-7-6-11(8-15-12)9(2)3/h6-10H,5H2,1-4H3,(H,14,16)/t10-/m1/s1. The first-order valence-corrected chi connectivity index (χ1v) is 5.79. The van der Waals surface area contributed by atoms with Gasteiger partial charge in [-0.05, 0) is 31.4 Å². The molecule has 1 heterocycles. The highest BCUT2D eigenvalue weighted by molar-refractivity contribution is 5.82. The van der Waals surface area contributed by atoms with E-state index in [-0.39, 0.29) is 11.8 Å². The molecular weight excluding hydrogens is 200 g/mol.